The number of aliphatic hydroxyl groups is 1. The molecule has 23 heavy (non-hydrogen) atoms. The molecule has 126 valence electrons. The van der Waals surface area contributed by atoms with Crippen molar-refractivity contribution in [2.45, 2.75) is 25.1 Å². The van der Waals surface area contributed by atoms with Crippen LogP contribution in [-0.4, -0.2) is 32.7 Å². The highest BCUT2D eigenvalue weighted by molar-refractivity contribution is 7.13. The summed E-state index contributed by atoms with van der Waals surface area (Å²) in [6.07, 6.45) is -0.255. The van der Waals surface area contributed by atoms with Crippen molar-refractivity contribution in [3.8, 4) is 0 Å². The van der Waals surface area contributed by atoms with E-state index >= 15 is 0 Å². The number of aromatic nitrogens is 3. The van der Waals surface area contributed by atoms with Crippen molar-refractivity contribution < 1.29 is 18.3 Å². The van der Waals surface area contributed by atoms with Crippen molar-refractivity contribution in [3.63, 3.8) is 0 Å². The predicted molar refractivity (Wildman–Crippen MR) is 80.2 cm³/mol. The van der Waals surface area contributed by atoms with E-state index in [0.29, 0.717) is 36.9 Å². The lowest BCUT2D eigenvalue weighted by Crippen LogP contribution is -2.36. The normalized spacial score (nSPS) is 18.4. The Morgan fingerprint density at radius 2 is 2.04 bits per heavy atom. The third kappa shape index (κ3) is 3.35. The number of thiazole rings is 1. The Bertz CT molecular complexity index is 661. The average Bonchev–Trinajstić information content (AvgIpc) is 3.15. The van der Waals surface area contributed by atoms with Crippen molar-refractivity contribution in [1.29, 1.82) is 0 Å². The van der Waals surface area contributed by atoms with Gasteiger partial charge < -0.3 is 14.6 Å². The van der Waals surface area contributed by atoms with Gasteiger partial charge in [-0.1, -0.05) is 0 Å². The molecule has 3 rings (SSSR count). The van der Waals surface area contributed by atoms with Crippen LogP contribution in [0, 0.1) is 5.92 Å². The van der Waals surface area contributed by atoms with E-state index in [1.165, 1.54) is 0 Å². The molecule has 5 nitrogen and oxygen atoms in total. The first-order chi connectivity index (χ1) is 10.9. The van der Waals surface area contributed by atoms with E-state index < -0.39 is 18.0 Å². The van der Waals surface area contributed by atoms with Gasteiger partial charge in [-0.05, 0) is 18.8 Å². The number of piperidine rings is 1. The van der Waals surface area contributed by atoms with Gasteiger partial charge in [0.25, 0.3) is 0 Å². The van der Waals surface area contributed by atoms with Crippen LogP contribution in [0.3, 0.4) is 0 Å². The van der Waals surface area contributed by atoms with E-state index in [1.807, 2.05) is 11.9 Å². The summed E-state index contributed by atoms with van der Waals surface area (Å²) in [5.74, 6) is 0.673. The van der Waals surface area contributed by atoms with Gasteiger partial charge in [0.15, 0.2) is 10.8 Å². The average molecular weight is 346 g/mol. The summed E-state index contributed by atoms with van der Waals surface area (Å²) in [7, 11) is 1.83. The Labute approximate surface area is 135 Å². The number of aliphatic hydroxyl groups excluding tert-OH is 1. The molecule has 3 heterocycles. The molecule has 1 fully saturated rings. The van der Waals surface area contributed by atoms with Crippen LogP contribution in [0.15, 0.2) is 17.8 Å². The molecule has 1 atom stereocenters. The van der Waals surface area contributed by atoms with E-state index in [4.69, 9.17) is 0 Å². The van der Waals surface area contributed by atoms with Gasteiger partial charge in [0, 0.05) is 37.9 Å². The minimum atomic E-state index is -4.40. The highest BCUT2D eigenvalue weighted by Gasteiger charge is 2.35. The zero-order chi connectivity index (χ0) is 16.6. The molecule has 2 aromatic heterocycles. The fourth-order valence-corrected chi connectivity index (χ4v) is 3.71. The van der Waals surface area contributed by atoms with Crippen LogP contribution in [0.2, 0.25) is 0 Å². The Morgan fingerprint density at radius 3 is 2.57 bits per heavy atom. The number of aryl methyl sites for hydroxylation is 1. The summed E-state index contributed by atoms with van der Waals surface area (Å²) >= 11 is 1.01. The quantitative estimate of drug-likeness (QED) is 0.929. The van der Waals surface area contributed by atoms with Crippen molar-refractivity contribution in [1.82, 2.24) is 14.5 Å². The molecule has 1 saturated heterocycles. The Kier molecular flexibility index (Phi) is 4.33. The van der Waals surface area contributed by atoms with Crippen molar-refractivity contribution in [2.75, 3.05) is 18.0 Å². The minimum absolute atomic E-state index is 0.0504. The molecule has 0 radical (unpaired) electrons. The number of alkyl halides is 3. The fraction of sp³-hybridized carbons (Fsp3) is 0.571. The number of nitrogens with zero attached hydrogens (tertiary/aromatic N) is 4. The van der Waals surface area contributed by atoms with Crippen LogP contribution in [0.4, 0.5) is 18.3 Å². The van der Waals surface area contributed by atoms with Crippen molar-refractivity contribution in [3.05, 3.63) is 29.3 Å². The minimum Gasteiger partial charge on any atom is -0.385 e. The van der Waals surface area contributed by atoms with Crippen molar-refractivity contribution >= 4 is 16.5 Å². The molecule has 9 heteroatoms. The number of imidazole rings is 1. The van der Waals surface area contributed by atoms with Gasteiger partial charge in [0.05, 0.1) is 0 Å². The predicted octanol–water partition coefficient (Wildman–Crippen LogP) is 2.85. The molecule has 1 N–H and O–H groups in total. The SMILES string of the molecule is Cn1ccnc1C(O)C1CCN(c2nc(C(F)(F)F)cs2)CC1. The molecule has 1 aliphatic rings. The van der Waals surface area contributed by atoms with Crippen LogP contribution in [0.5, 0.6) is 0 Å². The summed E-state index contributed by atoms with van der Waals surface area (Å²) in [5.41, 5.74) is -0.840. The first-order valence-electron chi connectivity index (χ1n) is 7.29. The van der Waals surface area contributed by atoms with Gasteiger partial charge in [-0.2, -0.15) is 13.2 Å². The number of halogens is 3. The summed E-state index contributed by atoms with van der Waals surface area (Å²) in [4.78, 5) is 9.69. The van der Waals surface area contributed by atoms with Crippen LogP contribution in [0.25, 0.3) is 0 Å². The summed E-state index contributed by atoms with van der Waals surface area (Å²) < 4.78 is 39.6. The molecule has 1 unspecified atom stereocenters. The van der Waals surface area contributed by atoms with Gasteiger partial charge in [-0.3, -0.25) is 0 Å². The summed E-state index contributed by atoms with van der Waals surface area (Å²) in [5, 5.41) is 11.9. The largest absolute Gasteiger partial charge is 0.434 e. The first-order valence-corrected chi connectivity index (χ1v) is 8.17. The molecular weight excluding hydrogens is 329 g/mol. The molecule has 0 amide bonds. The van der Waals surface area contributed by atoms with E-state index in [9.17, 15) is 18.3 Å². The van der Waals surface area contributed by atoms with Crippen LogP contribution in [0.1, 0.15) is 30.5 Å². The molecule has 0 spiro atoms. The van der Waals surface area contributed by atoms with E-state index in [2.05, 4.69) is 9.97 Å². The lowest BCUT2D eigenvalue weighted by molar-refractivity contribution is -0.140. The van der Waals surface area contributed by atoms with Crippen LogP contribution < -0.4 is 4.90 Å². The second-order valence-electron chi connectivity index (χ2n) is 5.68. The Balaban J connectivity index is 1.62. The van der Waals surface area contributed by atoms with Gasteiger partial charge >= 0.3 is 6.18 Å². The molecule has 0 bridgehead atoms. The van der Waals surface area contributed by atoms with Gasteiger partial charge in [-0.25, -0.2) is 9.97 Å². The third-order valence-corrected chi connectivity index (χ3v) is 5.06. The maximum absolute atomic E-state index is 12.6. The lowest BCUT2D eigenvalue weighted by Gasteiger charge is -2.33. The number of hydrogen-bond donors (Lipinski definition) is 1. The second-order valence-corrected chi connectivity index (χ2v) is 6.52. The first kappa shape index (κ1) is 16.3. The number of anilines is 1. The smallest absolute Gasteiger partial charge is 0.385 e. The lowest BCUT2D eigenvalue weighted by atomic mass is 9.91. The Morgan fingerprint density at radius 1 is 1.35 bits per heavy atom. The maximum Gasteiger partial charge on any atom is 0.434 e. The van der Waals surface area contributed by atoms with E-state index in [1.54, 1.807) is 17.0 Å². The van der Waals surface area contributed by atoms with Gasteiger partial charge in [0.2, 0.25) is 0 Å². The van der Waals surface area contributed by atoms with Gasteiger partial charge in [0.1, 0.15) is 11.9 Å². The molecule has 2 aromatic rings. The van der Waals surface area contributed by atoms with E-state index in [0.717, 1.165) is 16.7 Å². The number of hydrogen-bond acceptors (Lipinski definition) is 5. The van der Waals surface area contributed by atoms with Crippen molar-refractivity contribution in [2.24, 2.45) is 13.0 Å². The highest BCUT2D eigenvalue weighted by atomic mass is 32.1. The summed E-state index contributed by atoms with van der Waals surface area (Å²) in [6, 6.07) is 0. The topological polar surface area (TPSA) is 54.2 Å². The van der Waals surface area contributed by atoms with Crippen LogP contribution in [-0.2, 0) is 13.2 Å². The zero-order valence-electron chi connectivity index (χ0n) is 12.5. The zero-order valence-corrected chi connectivity index (χ0v) is 13.3. The maximum atomic E-state index is 12.6. The highest BCUT2D eigenvalue weighted by Crippen LogP contribution is 2.36. The molecule has 0 aliphatic carbocycles. The summed E-state index contributed by atoms with van der Waals surface area (Å²) in [6.45, 7) is 1.16. The fourth-order valence-electron chi connectivity index (χ4n) is 2.82. The van der Waals surface area contributed by atoms with E-state index in [-0.39, 0.29) is 5.92 Å². The monoisotopic (exact) mass is 346 g/mol. The second kappa shape index (κ2) is 6.12. The van der Waals surface area contributed by atoms with Crippen LogP contribution >= 0.6 is 11.3 Å². The third-order valence-electron chi connectivity index (χ3n) is 4.16. The molecule has 1 aliphatic heterocycles. The Hall–Kier alpha value is -1.61. The standard InChI is InChI=1S/C14H17F3N4OS/c1-20-7-4-18-12(20)11(22)9-2-5-21(6-3-9)13-19-10(8-23-13)14(15,16)17/h4,7-9,11,22H,2-3,5-6H2,1H3. The molecule has 0 aromatic carbocycles. The molecular formula is C14H17F3N4OS. The van der Waals surface area contributed by atoms with Gasteiger partial charge in [-0.15, -0.1) is 11.3 Å². The molecule has 0 saturated carbocycles. The number of rotatable bonds is 3.